The minimum absolute atomic E-state index is 0.0155. The van der Waals surface area contributed by atoms with Crippen LogP contribution < -0.4 is 0 Å². The summed E-state index contributed by atoms with van der Waals surface area (Å²) in [5, 5.41) is 0. The molecule has 0 unspecified atom stereocenters. The first-order chi connectivity index (χ1) is 12.1. The summed E-state index contributed by atoms with van der Waals surface area (Å²) in [5.41, 5.74) is 0.440. The van der Waals surface area contributed by atoms with Crippen LogP contribution in [0, 0.1) is 5.82 Å². The van der Waals surface area contributed by atoms with Gasteiger partial charge in [-0.05, 0) is 36.4 Å². The Balaban J connectivity index is 2.11. The van der Waals surface area contributed by atoms with Gasteiger partial charge in [0.25, 0.3) is 0 Å². The number of sulfone groups is 1. The number of benzene rings is 2. The van der Waals surface area contributed by atoms with E-state index in [9.17, 15) is 26.0 Å². The molecule has 3 aromatic rings. The van der Waals surface area contributed by atoms with Gasteiger partial charge >= 0.3 is 6.18 Å². The van der Waals surface area contributed by atoms with Crippen LogP contribution in [0.3, 0.4) is 0 Å². The fraction of sp³-hybridized carbons (Fsp3) is 0.118. The van der Waals surface area contributed by atoms with Gasteiger partial charge in [-0.2, -0.15) is 13.2 Å². The molecule has 1 heterocycles. The number of halogens is 4. The molecule has 0 radical (unpaired) electrons. The summed E-state index contributed by atoms with van der Waals surface area (Å²) >= 11 is 0. The molecular weight excluding hydrogens is 372 g/mol. The zero-order valence-corrected chi connectivity index (χ0v) is 14.1. The number of hydrogen-bond donors (Lipinski definition) is 0. The highest BCUT2D eigenvalue weighted by Gasteiger charge is 2.37. The molecule has 0 fully saturated rings. The van der Waals surface area contributed by atoms with Crippen LogP contribution in [0.5, 0.6) is 0 Å². The molecule has 1 aromatic heterocycles. The Hall–Kier alpha value is -2.68. The van der Waals surface area contributed by atoms with Gasteiger partial charge in [-0.15, -0.1) is 0 Å². The standard InChI is InChI=1S/C17H12F4N2O2S/c1-26(24,25)14-8-2-11(3-9-14)15-10-23(16(22-15)17(19,20)21)13-6-4-12(18)5-7-13/h2-10H,1H3. The molecule has 0 N–H and O–H groups in total. The van der Waals surface area contributed by atoms with Gasteiger partial charge in [0, 0.05) is 23.7 Å². The van der Waals surface area contributed by atoms with Gasteiger partial charge in [0.2, 0.25) is 5.82 Å². The number of rotatable bonds is 3. The zero-order chi connectivity index (χ0) is 19.1. The maximum atomic E-state index is 13.3. The second kappa shape index (κ2) is 6.24. The highest BCUT2D eigenvalue weighted by atomic mass is 32.2. The number of hydrogen-bond acceptors (Lipinski definition) is 3. The monoisotopic (exact) mass is 384 g/mol. The smallest absolute Gasteiger partial charge is 0.296 e. The van der Waals surface area contributed by atoms with E-state index in [-0.39, 0.29) is 16.3 Å². The predicted molar refractivity (Wildman–Crippen MR) is 87.1 cm³/mol. The number of imidazole rings is 1. The minimum atomic E-state index is -4.72. The second-order valence-electron chi connectivity index (χ2n) is 5.59. The molecule has 0 saturated carbocycles. The normalized spacial score (nSPS) is 12.3. The predicted octanol–water partition coefficient (Wildman–Crippen LogP) is 4.10. The highest BCUT2D eigenvalue weighted by Crippen LogP contribution is 2.33. The zero-order valence-electron chi connectivity index (χ0n) is 13.3. The molecular formula is C17H12F4N2O2S. The lowest BCUT2D eigenvalue weighted by Crippen LogP contribution is -2.13. The van der Waals surface area contributed by atoms with E-state index in [1.807, 2.05) is 0 Å². The van der Waals surface area contributed by atoms with Gasteiger partial charge in [-0.1, -0.05) is 12.1 Å². The quantitative estimate of drug-likeness (QED) is 0.639. The Labute approximate surface area is 146 Å². The van der Waals surface area contributed by atoms with Crippen molar-refractivity contribution in [1.82, 2.24) is 9.55 Å². The van der Waals surface area contributed by atoms with Crippen molar-refractivity contribution in [2.75, 3.05) is 6.26 Å². The topological polar surface area (TPSA) is 52.0 Å². The number of nitrogens with zero attached hydrogens (tertiary/aromatic N) is 2. The van der Waals surface area contributed by atoms with Crippen molar-refractivity contribution in [3.05, 3.63) is 66.4 Å². The third-order valence-corrected chi connectivity index (χ3v) is 4.77. The van der Waals surface area contributed by atoms with Gasteiger partial charge in [-0.3, -0.25) is 4.57 Å². The van der Waals surface area contributed by atoms with Crippen LogP contribution in [0.4, 0.5) is 17.6 Å². The van der Waals surface area contributed by atoms with Crippen molar-refractivity contribution in [1.29, 1.82) is 0 Å². The molecule has 0 amide bonds. The summed E-state index contributed by atoms with van der Waals surface area (Å²) in [5.74, 6) is -1.73. The maximum Gasteiger partial charge on any atom is 0.450 e. The lowest BCUT2D eigenvalue weighted by molar-refractivity contribution is -0.145. The van der Waals surface area contributed by atoms with Crippen LogP contribution in [-0.4, -0.2) is 24.2 Å². The molecule has 3 rings (SSSR count). The average molecular weight is 384 g/mol. The fourth-order valence-electron chi connectivity index (χ4n) is 2.39. The fourth-order valence-corrected chi connectivity index (χ4v) is 3.02. The van der Waals surface area contributed by atoms with Crippen molar-refractivity contribution in [3.63, 3.8) is 0 Å². The van der Waals surface area contributed by atoms with E-state index in [4.69, 9.17) is 0 Å². The summed E-state index contributed by atoms with van der Waals surface area (Å²) < 4.78 is 76.8. The first-order valence-electron chi connectivity index (χ1n) is 7.29. The van der Waals surface area contributed by atoms with E-state index in [0.29, 0.717) is 5.56 Å². The summed E-state index contributed by atoms with van der Waals surface area (Å²) in [6.07, 6.45) is -2.52. The van der Waals surface area contributed by atoms with Crippen molar-refractivity contribution < 1.29 is 26.0 Å². The van der Waals surface area contributed by atoms with Gasteiger partial charge < -0.3 is 0 Å². The second-order valence-corrected chi connectivity index (χ2v) is 7.61. The molecule has 26 heavy (non-hydrogen) atoms. The highest BCUT2D eigenvalue weighted by molar-refractivity contribution is 7.90. The van der Waals surface area contributed by atoms with Crippen LogP contribution in [0.15, 0.2) is 59.6 Å². The molecule has 0 atom stereocenters. The van der Waals surface area contributed by atoms with E-state index in [2.05, 4.69) is 4.98 Å². The van der Waals surface area contributed by atoms with E-state index < -0.39 is 27.7 Å². The first kappa shape index (κ1) is 18.1. The maximum absolute atomic E-state index is 13.3. The van der Waals surface area contributed by atoms with E-state index in [0.717, 1.165) is 23.0 Å². The Morgan fingerprint density at radius 3 is 2.04 bits per heavy atom. The molecule has 0 aliphatic heterocycles. The molecule has 0 spiro atoms. The molecule has 4 nitrogen and oxygen atoms in total. The van der Waals surface area contributed by atoms with Crippen LogP contribution in [-0.2, 0) is 16.0 Å². The number of aromatic nitrogens is 2. The largest absolute Gasteiger partial charge is 0.450 e. The lowest BCUT2D eigenvalue weighted by atomic mass is 10.2. The Bertz CT molecular complexity index is 1040. The number of alkyl halides is 3. The van der Waals surface area contributed by atoms with Gasteiger partial charge in [0.05, 0.1) is 10.6 Å². The Kier molecular flexibility index (Phi) is 4.35. The van der Waals surface area contributed by atoms with Crippen LogP contribution in [0.2, 0.25) is 0 Å². The lowest BCUT2D eigenvalue weighted by Gasteiger charge is -2.09. The van der Waals surface area contributed by atoms with E-state index >= 15 is 0 Å². The molecule has 9 heteroatoms. The average Bonchev–Trinajstić information content (AvgIpc) is 3.00. The molecule has 0 bridgehead atoms. The summed E-state index contributed by atoms with van der Waals surface area (Å²) in [7, 11) is -3.42. The van der Waals surface area contributed by atoms with Crippen LogP contribution in [0.25, 0.3) is 16.9 Å². The van der Waals surface area contributed by atoms with Crippen LogP contribution in [0.1, 0.15) is 5.82 Å². The summed E-state index contributed by atoms with van der Waals surface area (Å²) in [6.45, 7) is 0. The molecule has 0 aliphatic carbocycles. The summed E-state index contributed by atoms with van der Waals surface area (Å²) in [4.78, 5) is 3.69. The van der Waals surface area contributed by atoms with Crippen LogP contribution >= 0.6 is 0 Å². The van der Waals surface area contributed by atoms with Crippen molar-refractivity contribution in [2.45, 2.75) is 11.1 Å². The van der Waals surface area contributed by atoms with Gasteiger partial charge in [-0.25, -0.2) is 17.8 Å². The molecule has 0 aliphatic rings. The summed E-state index contributed by atoms with van der Waals surface area (Å²) in [6, 6.07) is 9.89. The van der Waals surface area contributed by atoms with Crippen molar-refractivity contribution in [2.24, 2.45) is 0 Å². The van der Waals surface area contributed by atoms with Crippen molar-refractivity contribution >= 4 is 9.84 Å². The van der Waals surface area contributed by atoms with E-state index in [1.54, 1.807) is 0 Å². The van der Waals surface area contributed by atoms with Gasteiger partial charge in [0.1, 0.15) is 5.82 Å². The molecule has 0 saturated heterocycles. The Morgan fingerprint density at radius 1 is 0.962 bits per heavy atom. The minimum Gasteiger partial charge on any atom is -0.296 e. The molecule has 2 aromatic carbocycles. The van der Waals surface area contributed by atoms with Gasteiger partial charge in [0.15, 0.2) is 9.84 Å². The van der Waals surface area contributed by atoms with Crippen molar-refractivity contribution in [3.8, 4) is 16.9 Å². The third kappa shape index (κ3) is 3.62. The van der Waals surface area contributed by atoms with E-state index in [1.165, 1.54) is 42.6 Å². The SMILES string of the molecule is CS(=O)(=O)c1ccc(-c2cn(-c3ccc(F)cc3)c(C(F)(F)F)n2)cc1. The third-order valence-electron chi connectivity index (χ3n) is 3.64. The first-order valence-corrected chi connectivity index (χ1v) is 9.18. The Morgan fingerprint density at radius 2 is 1.54 bits per heavy atom. The molecule has 136 valence electrons.